The Kier molecular flexibility index (Phi) is 4.74. The molecule has 5 nitrogen and oxygen atoms in total. The largest absolute Gasteiger partial charge is 0.343 e. The fourth-order valence-electron chi connectivity index (χ4n) is 3.19. The number of aromatic nitrogens is 2. The maximum absolute atomic E-state index is 12.4. The standard InChI is InChI=1S/C18H23N3O2/c1-14-7-6-8-16-15(14)13-19-21(16)18(23)10-9-17(22)20-11-4-2-3-5-12-20/h6-8,13H,2-5,9-12H2,1H3. The summed E-state index contributed by atoms with van der Waals surface area (Å²) in [6, 6.07) is 5.82. The molecule has 1 aliphatic heterocycles. The van der Waals surface area contributed by atoms with Crippen LogP contribution in [-0.2, 0) is 4.79 Å². The monoisotopic (exact) mass is 313 g/mol. The second kappa shape index (κ2) is 6.94. The SMILES string of the molecule is Cc1cccc2c1cnn2C(=O)CCC(=O)N1CCCCCC1. The Morgan fingerprint density at radius 2 is 1.74 bits per heavy atom. The van der Waals surface area contributed by atoms with Gasteiger partial charge in [-0.3, -0.25) is 9.59 Å². The van der Waals surface area contributed by atoms with Crippen molar-refractivity contribution in [2.45, 2.75) is 45.4 Å². The molecular formula is C18H23N3O2. The number of benzene rings is 1. The molecule has 1 amide bonds. The van der Waals surface area contributed by atoms with Crippen molar-refractivity contribution in [2.24, 2.45) is 0 Å². The van der Waals surface area contributed by atoms with Gasteiger partial charge in [-0.15, -0.1) is 0 Å². The summed E-state index contributed by atoms with van der Waals surface area (Å²) >= 11 is 0. The molecule has 3 rings (SSSR count). The number of likely N-dealkylation sites (tertiary alicyclic amines) is 1. The van der Waals surface area contributed by atoms with E-state index >= 15 is 0 Å². The lowest BCUT2D eigenvalue weighted by Gasteiger charge is -2.19. The van der Waals surface area contributed by atoms with E-state index in [0.29, 0.717) is 0 Å². The molecule has 1 fully saturated rings. The van der Waals surface area contributed by atoms with Crippen molar-refractivity contribution in [3.05, 3.63) is 30.0 Å². The lowest BCUT2D eigenvalue weighted by molar-refractivity contribution is -0.131. The third-order valence-corrected chi connectivity index (χ3v) is 4.58. The van der Waals surface area contributed by atoms with Crippen molar-refractivity contribution < 1.29 is 9.59 Å². The van der Waals surface area contributed by atoms with Gasteiger partial charge in [0.25, 0.3) is 0 Å². The van der Waals surface area contributed by atoms with Crippen molar-refractivity contribution >= 4 is 22.7 Å². The quantitative estimate of drug-likeness (QED) is 0.874. The summed E-state index contributed by atoms with van der Waals surface area (Å²) in [6.45, 7) is 3.66. The Balaban J connectivity index is 1.64. The summed E-state index contributed by atoms with van der Waals surface area (Å²) in [5.41, 5.74) is 1.92. The third-order valence-electron chi connectivity index (χ3n) is 4.58. The van der Waals surface area contributed by atoms with Gasteiger partial charge >= 0.3 is 0 Å². The molecule has 1 aliphatic rings. The fraction of sp³-hybridized carbons (Fsp3) is 0.500. The second-order valence-electron chi connectivity index (χ2n) is 6.25. The summed E-state index contributed by atoms with van der Waals surface area (Å²) < 4.78 is 1.43. The molecule has 1 aromatic carbocycles. The predicted octanol–water partition coefficient (Wildman–Crippen LogP) is 3.17. The van der Waals surface area contributed by atoms with Gasteiger partial charge in [0.2, 0.25) is 11.8 Å². The maximum Gasteiger partial charge on any atom is 0.247 e. The normalized spacial score (nSPS) is 15.6. The Morgan fingerprint density at radius 3 is 2.48 bits per heavy atom. The van der Waals surface area contributed by atoms with Crippen LogP contribution in [0.1, 0.15) is 48.9 Å². The fourth-order valence-corrected chi connectivity index (χ4v) is 3.19. The van der Waals surface area contributed by atoms with Crippen LogP contribution < -0.4 is 0 Å². The zero-order valence-corrected chi connectivity index (χ0v) is 13.6. The van der Waals surface area contributed by atoms with Gasteiger partial charge in [-0.25, -0.2) is 4.68 Å². The van der Waals surface area contributed by atoms with E-state index in [1.54, 1.807) is 6.20 Å². The number of fused-ring (bicyclic) bond motifs is 1. The van der Waals surface area contributed by atoms with Crippen molar-refractivity contribution in [1.29, 1.82) is 0 Å². The predicted molar refractivity (Wildman–Crippen MR) is 89.4 cm³/mol. The number of aryl methyl sites for hydroxylation is 1. The summed E-state index contributed by atoms with van der Waals surface area (Å²) in [5.74, 6) is -0.0262. The number of carbonyl (C=O) groups is 2. The van der Waals surface area contributed by atoms with E-state index in [2.05, 4.69) is 5.10 Å². The van der Waals surface area contributed by atoms with Crippen molar-refractivity contribution in [1.82, 2.24) is 14.7 Å². The van der Waals surface area contributed by atoms with Crippen LogP contribution in [0.3, 0.4) is 0 Å². The summed E-state index contributed by atoms with van der Waals surface area (Å²) in [4.78, 5) is 26.6. The minimum atomic E-state index is -0.117. The van der Waals surface area contributed by atoms with E-state index in [1.165, 1.54) is 17.5 Å². The Labute approximate surface area is 136 Å². The topological polar surface area (TPSA) is 55.2 Å². The molecule has 1 aromatic heterocycles. The molecule has 0 bridgehead atoms. The van der Waals surface area contributed by atoms with Gasteiger partial charge in [0.1, 0.15) is 0 Å². The zero-order chi connectivity index (χ0) is 16.2. The molecule has 1 saturated heterocycles. The smallest absolute Gasteiger partial charge is 0.247 e. The van der Waals surface area contributed by atoms with Crippen LogP contribution in [0, 0.1) is 6.92 Å². The Morgan fingerprint density at radius 1 is 1.04 bits per heavy atom. The summed E-state index contributed by atoms with van der Waals surface area (Å²) in [5, 5.41) is 5.19. The molecule has 5 heteroatoms. The third kappa shape index (κ3) is 3.44. The lowest BCUT2D eigenvalue weighted by Crippen LogP contribution is -2.32. The number of carbonyl (C=O) groups excluding carboxylic acids is 2. The van der Waals surface area contributed by atoms with E-state index < -0.39 is 0 Å². The molecule has 23 heavy (non-hydrogen) atoms. The molecule has 0 N–H and O–H groups in total. The first kappa shape index (κ1) is 15.7. The molecule has 0 aliphatic carbocycles. The van der Waals surface area contributed by atoms with Gasteiger partial charge in [0.05, 0.1) is 11.7 Å². The molecule has 0 saturated carbocycles. The van der Waals surface area contributed by atoms with Crippen molar-refractivity contribution in [3.8, 4) is 0 Å². The molecule has 2 aromatic rings. The molecule has 0 atom stereocenters. The van der Waals surface area contributed by atoms with Crippen LogP contribution in [0.15, 0.2) is 24.4 Å². The molecule has 0 radical (unpaired) electrons. The highest BCUT2D eigenvalue weighted by Gasteiger charge is 2.18. The highest BCUT2D eigenvalue weighted by atomic mass is 16.2. The van der Waals surface area contributed by atoms with E-state index in [9.17, 15) is 9.59 Å². The van der Waals surface area contributed by atoms with Crippen LogP contribution in [0.2, 0.25) is 0 Å². The first-order valence-corrected chi connectivity index (χ1v) is 8.41. The van der Waals surface area contributed by atoms with Crippen LogP contribution in [0.25, 0.3) is 10.9 Å². The van der Waals surface area contributed by atoms with Crippen LogP contribution in [-0.4, -0.2) is 39.6 Å². The summed E-state index contributed by atoms with van der Waals surface area (Å²) in [7, 11) is 0. The lowest BCUT2D eigenvalue weighted by atomic mass is 10.1. The van der Waals surface area contributed by atoms with Crippen LogP contribution in [0.5, 0.6) is 0 Å². The van der Waals surface area contributed by atoms with Gasteiger partial charge in [0, 0.05) is 31.3 Å². The van der Waals surface area contributed by atoms with E-state index in [-0.39, 0.29) is 24.7 Å². The highest BCUT2D eigenvalue weighted by Crippen LogP contribution is 2.18. The Bertz CT molecular complexity index is 712. The molecule has 122 valence electrons. The average Bonchev–Trinajstić information content (AvgIpc) is 2.80. The maximum atomic E-state index is 12.4. The average molecular weight is 313 g/mol. The van der Waals surface area contributed by atoms with Gasteiger partial charge in [-0.05, 0) is 31.4 Å². The van der Waals surface area contributed by atoms with Gasteiger partial charge in [0.15, 0.2) is 0 Å². The first-order valence-electron chi connectivity index (χ1n) is 8.41. The summed E-state index contributed by atoms with van der Waals surface area (Å²) in [6.07, 6.45) is 6.74. The van der Waals surface area contributed by atoms with E-state index in [4.69, 9.17) is 0 Å². The van der Waals surface area contributed by atoms with E-state index in [1.807, 2.05) is 30.0 Å². The highest BCUT2D eigenvalue weighted by molar-refractivity contribution is 5.93. The van der Waals surface area contributed by atoms with Crippen LogP contribution in [0.4, 0.5) is 0 Å². The number of nitrogens with zero attached hydrogens (tertiary/aromatic N) is 3. The number of amides is 1. The molecular weight excluding hydrogens is 290 g/mol. The first-order chi connectivity index (χ1) is 11.2. The molecule has 2 heterocycles. The van der Waals surface area contributed by atoms with Gasteiger partial charge in [-0.2, -0.15) is 5.10 Å². The number of hydrogen-bond acceptors (Lipinski definition) is 3. The van der Waals surface area contributed by atoms with Crippen molar-refractivity contribution in [3.63, 3.8) is 0 Å². The van der Waals surface area contributed by atoms with E-state index in [0.717, 1.165) is 42.4 Å². The molecule has 0 unspecified atom stereocenters. The zero-order valence-electron chi connectivity index (χ0n) is 13.6. The number of hydrogen-bond donors (Lipinski definition) is 0. The minimum absolute atomic E-state index is 0.0906. The minimum Gasteiger partial charge on any atom is -0.343 e. The van der Waals surface area contributed by atoms with Crippen molar-refractivity contribution in [2.75, 3.05) is 13.1 Å². The van der Waals surface area contributed by atoms with Crippen LogP contribution >= 0.6 is 0 Å². The second-order valence-corrected chi connectivity index (χ2v) is 6.25. The van der Waals surface area contributed by atoms with Gasteiger partial charge < -0.3 is 4.90 Å². The molecule has 0 spiro atoms. The number of rotatable bonds is 3. The van der Waals surface area contributed by atoms with Gasteiger partial charge in [-0.1, -0.05) is 25.0 Å². The Hall–Kier alpha value is -2.17.